The van der Waals surface area contributed by atoms with Gasteiger partial charge in [0.1, 0.15) is 16.7 Å². The van der Waals surface area contributed by atoms with E-state index in [0.29, 0.717) is 0 Å². The van der Waals surface area contributed by atoms with Gasteiger partial charge in [-0.05, 0) is 65.5 Å². The summed E-state index contributed by atoms with van der Waals surface area (Å²) in [5.41, 5.74) is 4.70. The van der Waals surface area contributed by atoms with Gasteiger partial charge in [-0.25, -0.2) is 9.97 Å². The summed E-state index contributed by atoms with van der Waals surface area (Å²) in [6, 6.07) is 4.26. The molecular weight excluding hydrogens is 506 g/mol. The summed E-state index contributed by atoms with van der Waals surface area (Å²) in [4.78, 5) is 16.1. The summed E-state index contributed by atoms with van der Waals surface area (Å²) in [6.45, 7) is 10.7. The highest BCUT2D eigenvalue weighted by Gasteiger charge is 2.24. The van der Waals surface area contributed by atoms with Crippen molar-refractivity contribution in [2.75, 3.05) is 68.8 Å². The largest absolute Gasteiger partial charge is 0.379 e. The van der Waals surface area contributed by atoms with Gasteiger partial charge in [0.15, 0.2) is 5.65 Å². The molecular formula is C23H29BrClN7O. The number of aromatic nitrogens is 4. The normalized spacial score (nSPS) is 17.8. The molecule has 176 valence electrons. The second-order valence-electron chi connectivity index (χ2n) is 8.68. The van der Waals surface area contributed by atoms with Crippen LogP contribution in [0.1, 0.15) is 17.5 Å². The van der Waals surface area contributed by atoms with Gasteiger partial charge >= 0.3 is 0 Å². The predicted octanol–water partition coefficient (Wildman–Crippen LogP) is 3.67. The van der Waals surface area contributed by atoms with E-state index in [0.717, 1.165) is 98.3 Å². The molecule has 2 aliphatic heterocycles. The van der Waals surface area contributed by atoms with E-state index < -0.39 is 0 Å². The van der Waals surface area contributed by atoms with Crippen molar-refractivity contribution in [2.45, 2.75) is 19.8 Å². The number of nitrogens with zero attached hydrogens (tertiary/aromatic N) is 6. The molecule has 0 radical (unpaired) electrons. The SMILES string of the molecule is Cc1c(CCCN2CCOCC2)cc(Cl)cc1N1CCN(c2ncnc3[nH]nc(Br)c23)CC1. The number of rotatable bonds is 6. The zero-order valence-electron chi connectivity index (χ0n) is 18.9. The fraction of sp³-hybridized carbons (Fsp3) is 0.522. The number of hydrogen-bond donors (Lipinski definition) is 1. The number of morpholine rings is 1. The lowest BCUT2D eigenvalue weighted by atomic mass is 10.0. The summed E-state index contributed by atoms with van der Waals surface area (Å²) in [7, 11) is 0. The second-order valence-corrected chi connectivity index (χ2v) is 9.86. The minimum atomic E-state index is 0.752. The number of nitrogens with one attached hydrogen (secondary N) is 1. The monoisotopic (exact) mass is 533 g/mol. The number of benzene rings is 1. The van der Waals surface area contributed by atoms with Gasteiger partial charge in [-0.2, -0.15) is 5.10 Å². The number of halogens is 2. The second kappa shape index (κ2) is 10.1. The Morgan fingerprint density at radius 2 is 1.82 bits per heavy atom. The van der Waals surface area contributed by atoms with Crippen LogP contribution in [-0.2, 0) is 11.2 Å². The Labute approximate surface area is 207 Å². The molecule has 0 aliphatic carbocycles. The van der Waals surface area contributed by atoms with Crippen LogP contribution in [-0.4, -0.2) is 84.1 Å². The molecule has 4 heterocycles. The molecule has 8 nitrogen and oxygen atoms in total. The number of aromatic amines is 1. The molecule has 0 unspecified atom stereocenters. The van der Waals surface area contributed by atoms with Crippen LogP contribution in [0, 0.1) is 6.92 Å². The lowest BCUT2D eigenvalue weighted by molar-refractivity contribution is 0.0374. The van der Waals surface area contributed by atoms with Crippen LogP contribution in [0.4, 0.5) is 11.5 Å². The molecule has 3 aromatic rings. The van der Waals surface area contributed by atoms with Crippen LogP contribution >= 0.6 is 27.5 Å². The quantitative estimate of drug-likeness (QED) is 0.517. The van der Waals surface area contributed by atoms with Crippen LogP contribution in [0.25, 0.3) is 11.0 Å². The summed E-state index contributed by atoms with van der Waals surface area (Å²) >= 11 is 10.1. The van der Waals surface area contributed by atoms with Crippen molar-refractivity contribution in [2.24, 2.45) is 0 Å². The lowest BCUT2D eigenvalue weighted by Gasteiger charge is -2.38. The molecule has 0 atom stereocenters. The van der Waals surface area contributed by atoms with Crippen LogP contribution < -0.4 is 9.80 Å². The van der Waals surface area contributed by atoms with Crippen LogP contribution in [0.15, 0.2) is 23.1 Å². The van der Waals surface area contributed by atoms with E-state index in [1.165, 1.54) is 16.8 Å². The van der Waals surface area contributed by atoms with Crippen molar-refractivity contribution in [3.8, 4) is 0 Å². The number of piperazine rings is 1. The smallest absolute Gasteiger partial charge is 0.161 e. The minimum Gasteiger partial charge on any atom is -0.379 e. The number of aryl methyl sites for hydroxylation is 1. The Balaban J connectivity index is 1.26. The molecule has 0 saturated carbocycles. The molecule has 2 aromatic heterocycles. The van der Waals surface area contributed by atoms with Crippen molar-refractivity contribution in [3.05, 3.63) is 39.2 Å². The van der Waals surface area contributed by atoms with Gasteiger partial charge in [0.25, 0.3) is 0 Å². The fourth-order valence-electron chi connectivity index (χ4n) is 4.83. The summed E-state index contributed by atoms with van der Waals surface area (Å²) in [5.74, 6) is 0.923. The predicted molar refractivity (Wildman–Crippen MR) is 136 cm³/mol. The summed E-state index contributed by atoms with van der Waals surface area (Å²) in [6.07, 6.45) is 3.78. The molecule has 5 rings (SSSR count). The number of anilines is 2. The van der Waals surface area contributed by atoms with Gasteiger partial charge in [0, 0.05) is 50.0 Å². The molecule has 0 bridgehead atoms. The molecule has 0 spiro atoms. The van der Waals surface area contributed by atoms with Crippen molar-refractivity contribution in [3.63, 3.8) is 0 Å². The zero-order chi connectivity index (χ0) is 22.8. The fourth-order valence-corrected chi connectivity index (χ4v) is 5.52. The van der Waals surface area contributed by atoms with Gasteiger partial charge in [0.2, 0.25) is 0 Å². The molecule has 10 heteroatoms. The van der Waals surface area contributed by atoms with Gasteiger partial charge in [-0.3, -0.25) is 10.00 Å². The van der Waals surface area contributed by atoms with E-state index in [9.17, 15) is 0 Å². The van der Waals surface area contributed by atoms with Gasteiger partial charge < -0.3 is 14.5 Å². The molecule has 2 aliphatic rings. The summed E-state index contributed by atoms with van der Waals surface area (Å²) in [5, 5.41) is 8.93. The van der Waals surface area contributed by atoms with Gasteiger partial charge in [-0.1, -0.05) is 11.6 Å². The first-order valence-electron chi connectivity index (χ1n) is 11.5. The number of ether oxygens (including phenoxy) is 1. The van der Waals surface area contributed by atoms with Crippen LogP contribution in [0.2, 0.25) is 5.02 Å². The Bertz CT molecular complexity index is 1110. The number of H-pyrrole nitrogens is 1. The standard InChI is InChI=1S/C23H29BrClN7O/c1-16-17(3-2-4-30-9-11-33-12-10-30)13-18(25)14-19(16)31-5-7-32(8-6-31)23-20-21(24)28-29-22(20)26-15-27-23/h13-15H,2-12H2,1H3,(H,26,27,28,29). The Morgan fingerprint density at radius 3 is 2.61 bits per heavy atom. The molecule has 1 N–H and O–H groups in total. The van der Waals surface area contributed by atoms with Crippen molar-refractivity contribution >= 4 is 50.1 Å². The van der Waals surface area contributed by atoms with E-state index in [-0.39, 0.29) is 0 Å². The third-order valence-corrected chi connectivity index (χ3v) is 7.48. The Kier molecular flexibility index (Phi) is 7.01. The van der Waals surface area contributed by atoms with E-state index in [1.54, 1.807) is 6.33 Å². The molecule has 33 heavy (non-hydrogen) atoms. The first kappa shape index (κ1) is 22.8. The molecule has 0 amide bonds. The Hall–Kier alpha value is -1.94. The molecule has 2 fully saturated rings. The van der Waals surface area contributed by atoms with Crippen molar-refractivity contribution in [1.82, 2.24) is 25.1 Å². The third kappa shape index (κ3) is 4.96. The average Bonchev–Trinajstić information content (AvgIpc) is 3.23. The minimum absolute atomic E-state index is 0.752. The maximum absolute atomic E-state index is 6.57. The van der Waals surface area contributed by atoms with Crippen molar-refractivity contribution < 1.29 is 4.74 Å². The highest BCUT2D eigenvalue weighted by atomic mass is 79.9. The van der Waals surface area contributed by atoms with E-state index >= 15 is 0 Å². The lowest BCUT2D eigenvalue weighted by Crippen LogP contribution is -2.47. The highest BCUT2D eigenvalue weighted by Crippen LogP contribution is 2.32. The van der Waals surface area contributed by atoms with Crippen LogP contribution in [0.3, 0.4) is 0 Å². The first-order valence-corrected chi connectivity index (χ1v) is 12.7. The average molecular weight is 535 g/mol. The van der Waals surface area contributed by atoms with E-state index in [4.69, 9.17) is 16.3 Å². The highest BCUT2D eigenvalue weighted by molar-refractivity contribution is 9.10. The zero-order valence-corrected chi connectivity index (χ0v) is 21.2. The topological polar surface area (TPSA) is 73.4 Å². The molecule has 1 aromatic carbocycles. The maximum Gasteiger partial charge on any atom is 0.161 e. The van der Waals surface area contributed by atoms with Gasteiger partial charge in [0.05, 0.1) is 18.6 Å². The summed E-state index contributed by atoms with van der Waals surface area (Å²) < 4.78 is 6.21. The van der Waals surface area contributed by atoms with Crippen LogP contribution in [0.5, 0.6) is 0 Å². The third-order valence-electron chi connectivity index (χ3n) is 6.69. The molecule has 2 saturated heterocycles. The Morgan fingerprint density at radius 1 is 1.06 bits per heavy atom. The maximum atomic E-state index is 6.57. The van der Waals surface area contributed by atoms with E-state index in [2.05, 4.69) is 69.9 Å². The van der Waals surface area contributed by atoms with Gasteiger partial charge in [-0.15, -0.1) is 0 Å². The first-order chi connectivity index (χ1) is 16.1. The van der Waals surface area contributed by atoms with E-state index in [1.807, 2.05) is 0 Å². The van der Waals surface area contributed by atoms with Crippen molar-refractivity contribution in [1.29, 1.82) is 0 Å². The number of fused-ring (bicyclic) bond motifs is 1. The number of hydrogen-bond acceptors (Lipinski definition) is 7.